The van der Waals surface area contributed by atoms with Gasteiger partial charge in [0.1, 0.15) is 5.69 Å². The zero-order valence-corrected chi connectivity index (χ0v) is 11.6. The smallest absolute Gasteiger partial charge is 0.230 e. The van der Waals surface area contributed by atoms with Crippen LogP contribution in [-0.2, 0) is 0 Å². The molecule has 2 heterocycles. The zero-order valence-electron chi connectivity index (χ0n) is 10.8. The molecule has 0 unspecified atom stereocenters. The Labute approximate surface area is 115 Å². The minimum absolute atomic E-state index is 0.365. The fraction of sp³-hybridized carbons (Fsp3) is 0.133. The molecule has 3 rings (SSSR count). The molecule has 0 amide bonds. The molecule has 0 bridgehead atoms. The van der Waals surface area contributed by atoms with Gasteiger partial charge >= 0.3 is 0 Å². The van der Waals surface area contributed by atoms with Crippen molar-refractivity contribution in [3.63, 3.8) is 0 Å². The molecule has 1 aromatic carbocycles. The van der Waals surface area contributed by atoms with E-state index in [0.717, 1.165) is 22.4 Å². The van der Waals surface area contributed by atoms with Gasteiger partial charge in [0.2, 0.25) is 5.88 Å². The van der Waals surface area contributed by atoms with Crippen LogP contribution in [0.5, 0.6) is 0 Å². The van der Waals surface area contributed by atoms with Crippen molar-refractivity contribution in [2.45, 2.75) is 13.8 Å². The molecule has 0 spiro atoms. The number of aromatic nitrogens is 1. The summed E-state index contributed by atoms with van der Waals surface area (Å²) in [7, 11) is 0. The first-order chi connectivity index (χ1) is 9.16. The van der Waals surface area contributed by atoms with Crippen LogP contribution >= 0.6 is 11.3 Å². The summed E-state index contributed by atoms with van der Waals surface area (Å²) in [5.41, 5.74) is 12.2. The number of aryl methyl sites for hydroxylation is 2. The first kappa shape index (κ1) is 12.0. The van der Waals surface area contributed by atoms with Crippen molar-refractivity contribution in [2.75, 3.05) is 5.73 Å². The molecular formula is C15H14N2OS. The van der Waals surface area contributed by atoms with Crippen LogP contribution in [0.15, 0.2) is 39.5 Å². The van der Waals surface area contributed by atoms with Crippen LogP contribution < -0.4 is 5.73 Å². The summed E-state index contributed by atoms with van der Waals surface area (Å²) in [5, 5.41) is 8.16. The quantitative estimate of drug-likeness (QED) is 0.756. The fourth-order valence-corrected chi connectivity index (χ4v) is 2.72. The Morgan fingerprint density at radius 1 is 1.11 bits per heavy atom. The van der Waals surface area contributed by atoms with Crippen molar-refractivity contribution < 1.29 is 4.52 Å². The summed E-state index contributed by atoms with van der Waals surface area (Å²) >= 11 is 1.63. The predicted octanol–water partition coefficient (Wildman–Crippen LogP) is 4.27. The average molecular weight is 270 g/mol. The van der Waals surface area contributed by atoms with Gasteiger partial charge in [0.15, 0.2) is 0 Å². The maximum atomic E-state index is 5.94. The lowest BCUT2D eigenvalue weighted by Gasteiger charge is -2.05. The molecule has 0 aliphatic rings. The van der Waals surface area contributed by atoms with E-state index in [0.29, 0.717) is 5.88 Å². The second-order valence-corrected chi connectivity index (χ2v) is 5.36. The molecule has 96 valence electrons. The topological polar surface area (TPSA) is 52.0 Å². The van der Waals surface area contributed by atoms with Gasteiger partial charge < -0.3 is 10.3 Å². The van der Waals surface area contributed by atoms with E-state index in [2.05, 4.69) is 37.2 Å². The lowest BCUT2D eigenvalue weighted by Crippen LogP contribution is -1.89. The third-order valence-corrected chi connectivity index (χ3v) is 3.99. The van der Waals surface area contributed by atoms with Gasteiger partial charge in [-0.15, -0.1) is 0 Å². The molecule has 0 fully saturated rings. The van der Waals surface area contributed by atoms with Crippen LogP contribution in [-0.4, -0.2) is 5.16 Å². The highest BCUT2D eigenvalue weighted by Crippen LogP contribution is 2.37. The number of hydrogen-bond donors (Lipinski definition) is 1. The number of hydrogen-bond acceptors (Lipinski definition) is 4. The number of nitrogen functional groups attached to an aromatic ring is 1. The van der Waals surface area contributed by atoms with Crippen molar-refractivity contribution in [1.82, 2.24) is 5.16 Å². The van der Waals surface area contributed by atoms with Crippen LogP contribution in [0.2, 0.25) is 0 Å². The van der Waals surface area contributed by atoms with E-state index in [-0.39, 0.29) is 0 Å². The number of rotatable bonds is 2. The van der Waals surface area contributed by atoms with Gasteiger partial charge in [-0.3, -0.25) is 0 Å². The van der Waals surface area contributed by atoms with Gasteiger partial charge in [-0.1, -0.05) is 23.4 Å². The monoisotopic (exact) mass is 270 g/mol. The first-order valence-corrected chi connectivity index (χ1v) is 6.96. The maximum Gasteiger partial charge on any atom is 0.230 e. The number of thiophene rings is 1. The Bertz CT molecular complexity index is 714. The van der Waals surface area contributed by atoms with Gasteiger partial charge in [0, 0.05) is 10.9 Å². The second-order valence-electron chi connectivity index (χ2n) is 4.58. The van der Waals surface area contributed by atoms with Gasteiger partial charge in [-0.25, -0.2) is 0 Å². The molecule has 3 aromatic rings. The minimum atomic E-state index is 0.365. The summed E-state index contributed by atoms with van der Waals surface area (Å²) in [6.45, 7) is 4.18. The molecule has 0 aliphatic carbocycles. The molecular weight excluding hydrogens is 256 g/mol. The highest BCUT2D eigenvalue weighted by atomic mass is 32.1. The fourth-order valence-electron chi connectivity index (χ4n) is 2.07. The minimum Gasteiger partial charge on any atom is -0.367 e. The van der Waals surface area contributed by atoms with Crippen molar-refractivity contribution >= 4 is 17.2 Å². The lowest BCUT2D eigenvalue weighted by atomic mass is 9.99. The van der Waals surface area contributed by atoms with Gasteiger partial charge in [-0.2, -0.15) is 11.3 Å². The zero-order chi connectivity index (χ0) is 13.4. The number of benzene rings is 1. The predicted molar refractivity (Wildman–Crippen MR) is 79.1 cm³/mol. The van der Waals surface area contributed by atoms with Gasteiger partial charge in [-0.05, 0) is 42.0 Å². The first-order valence-electron chi connectivity index (χ1n) is 6.02. The molecule has 3 nitrogen and oxygen atoms in total. The third-order valence-electron chi connectivity index (χ3n) is 3.31. The average Bonchev–Trinajstić information content (AvgIpc) is 3.01. The molecule has 19 heavy (non-hydrogen) atoms. The van der Waals surface area contributed by atoms with E-state index in [1.807, 2.05) is 16.8 Å². The van der Waals surface area contributed by atoms with E-state index >= 15 is 0 Å². The number of nitrogens with two attached hydrogens (primary N) is 1. The number of nitrogens with zero attached hydrogens (tertiary/aromatic N) is 1. The lowest BCUT2D eigenvalue weighted by molar-refractivity contribution is 0.439. The van der Waals surface area contributed by atoms with E-state index in [4.69, 9.17) is 10.3 Å². The highest BCUT2D eigenvalue weighted by Gasteiger charge is 2.17. The van der Waals surface area contributed by atoms with Crippen molar-refractivity contribution in [3.05, 3.63) is 46.2 Å². The molecule has 2 N–H and O–H groups in total. The van der Waals surface area contributed by atoms with Crippen LogP contribution in [0, 0.1) is 13.8 Å². The molecule has 0 aliphatic heterocycles. The van der Waals surface area contributed by atoms with Crippen LogP contribution in [0.3, 0.4) is 0 Å². The molecule has 0 radical (unpaired) electrons. The molecule has 0 saturated heterocycles. The largest absolute Gasteiger partial charge is 0.367 e. The van der Waals surface area contributed by atoms with Crippen molar-refractivity contribution in [2.24, 2.45) is 0 Å². The summed E-state index contributed by atoms with van der Waals surface area (Å²) in [4.78, 5) is 0. The molecule has 0 saturated carbocycles. The standard InChI is InChI=1S/C15H14N2OS/c1-9-3-4-11(7-10(9)2)13-14(17-18-15(13)16)12-5-6-19-8-12/h3-8H,16H2,1-2H3. The SMILES string of the molecule is Cc1ccc(-c2c(-c3ccsc3)noc2N)cc1C. The normalized spacial score (nSPS) is 10.8. The van der Waals surface area contributed by atoms with Crippen LogP contribution in [0.1, 0.15) is 11.1 Å². The summed E-state index contributed by atoms with van der Waals surface area (Å²) in [5.74, 6) is 0.365. The van der Waals surface area contributed by atoms with E-state index in [1.165, 1.54) is 11.1 Å². The highest BCUT2D eigenvalue weighted by molar-refractivity contribution is 7.08. The van der Waals surface area contributed by atoms with Crippen LogP contribution in [0.4, 0.5) is 5.88 Å². The Morgan fingerprint density at radius 3 is 2.63 bits per heavy atom. The molecule has 0 atom stereocenters. The number of anilines is 1. The second kappa shape index (κ2) is 4.55. The van der Waals surface area contributed by atoms with Crippen LogP contribution in [0.25, 0.3) is 22.4 Å². The van der Waals surface area contributed by atoms with E-state index in [9.17, 15) is 0 Å². The Kier molecular flexibility index (Phi) is 2.87. The summed E-state index contributed by atoms with van der Waals surface area (Å²) < 4.78 is 5.18. The Balaban J connectivity index is 2.19. The molecule has 2 aromatic heterocycles. The van der Waals surface area contributed by atoms with E-state index in [1.54, 1.807) is 11.3 Å². The van der Waals surface area contributed by atoms with Crippen molar-refractivity contribution in [3.8, 4) is 22.4 Å². The summed E-state index contributed by atoms with van der Waals surface area (Å²) in [6, 6.07) is 8.29. The Morgan fingerprint density at radius 2 is 1.95 bits per heavy atom. The molecule has 4 heteroatoms. The van der Waals surface area contributed by atoms with Gasteiger partial charge in [0.25, 0.3) is 0 Å². The third kappa shape index (κ3) is 2.04. The summed E-state index contributed by atoms with van der Waals surface area (Å²) in [6.07, 6.45) is 0. The van der Waals surface area contributed by atoms with Gasteiger partial charge in [0.05, 0.1) is 5.56 Å². The maximum absolute atomic E-state index is 5.94. The Hall–Kier alpha value is -2.07. The van der Waals surface area contributed by atoms with E-state index < -0.39 is 0 Å². The van der Waals surface area contributed by atoms with Crippen molar-refractivity contribution in [1.29, 1.82) is 0 Å².